The average Bonchev–Trinajstić information content (AvgIpc) is 3.22. The minimum absolute atomic E-state index is 0.149. The van der Waals surface area contributed by atoms with Gasteiger partial charge >= 0.3 is 0 Å². The lowest BCUT2D eigenvalue weighted by Gasteiger charge is -2.25. The molecule has 2 N–H and O–H groups in total. The highest BCUT2D eigenvalue weighted by atomic mass is 16.5. The Balaban J connectivity index is 1.44. The topological polar surface area (TPSA) is 107 Å². The number of aromatic nitrogens is 3. The van der Waals surface area contributed by atoms with Gasteiger partial charge in [-0.15, -0.1) is 0 Å². The molecular weight excluding hydrogens is 386 g/mol. The first kappa shape index (κ1) is 19.4. The van der Waals surface area contributed by atoms with Crippen molar-refractivity contribution in [1.82, 2.24) is 14.8 Å². The zero-order chi connectivity index (χ0) is 20.9. The number of nitrogens with one attached hydrogen (secondary N) is 2. The molecule has 0 aliphatic carbocycles. The van der Waals surface area contributed by atoms with Crippen molar-refractivity contribution in [2.24, 2.45) is 0 Å². The van der Waals surface area contributed by atoms with Crippen molar-refractivity contribution in [2.45, 2.75) is 19.4 Å². The van der Waals surface area contributed by atoms with E-state index in [4.69, 9.17) is 9.47 Å². The normalized spacial score (nSPS) is 15.1. The molecule has 0 radical (unpaired) electrons. The maximum absolute atomic E-state index is 12.3. The fraction of sp³-hybridized carbons (Fsp3) is 0.238. The minimum atomic E-state index is -0.360. The van der Waals surface area contributed by atoms with Crippen molar-refractivity contribution >= 4 is 23.5 Å². The third kappa shape index (κ3) is 4.24. The molecule has 2 amide bonds. The van der Waals surface area contributed by atoms with E-state index in [0.29, 0.717) is 24.0 Å². The Morgan fingerprint density at radius 2 is 2.00 bits per heavy atom. The van der Waals surface area contributed by atoms with Crippen LogP contribution in [0.15, 0.2) is 54.9 Å². The number of nitrogens with zero attached hydrogens (tertiary/aromatic N) is 3. The molecule has 0 saturated carbocycles. The van der Waals surface area contributed by atoms with Gasteiger partial charge in [0.15, 0.2) is 6.61 Å². The van der Waals surface area contributed by atoms with E-state index in [1.807, 2.05) is 25.1 Å². The van der Waals surface area contributed by atoms with Crippen molar-refractivity contribution in [1.29, 1.82) is 0 Å². The van der Waals surface area contributed by atoms with E-state index in [2.05, 4.69) is 20.7 Å². The van der Waals surface area contributed by atoms with Crippen LogP contribution < -0.4 is 20.1 Å². The number of benzene rings is 2. The fourth-order valence-corrected chi connectivity index (χ4v) is 3.28. The van der Waals surface area contributed by atoms with Crippen LogP contribution in [0.5, 0.6) is 11.5 Å². The van der Waals surface area contributed by atoms with Crippen molar-refractivity contribution in [2.75, 3.05) is 23.8 Å². The smallest absolute Gasteiger partial charge is 0.262 e. The molecule has 9 heteroatoms. The number of hydrogen-bond donors (Lipinski definition) is 2. The highest BCUT2D eigenvalue weighted by Crippen LogP contribution is 2.34. The molecule has 3 aromatic rings. The second-order valence-corrected chi connectivity index (χ2v) is 6.63. The van der Waals surface area contributed by atoms with Crippen LogP contribution in [0.1, 0.15) is 24.9 Å². The standard InChI is InChI=1S/C21H21N5O4/c1-2-29-15-9-7-14(8-10-15)24-20(28)12-30-18-6-4-3-5-16(18)17-11-19(27)25-21-22-13-23-26(17)21/h3-10,13,17H,2,11-12H2,1H3,(H,24,28)(H,22,23,25,27)/t17-/m1/s1. The summed E-state index contributed by atoms with van der Waals surface area (Å²) in [6, 6.07) is 14.0. The van der Waals surface area contributed by atoms with Gasteiger partial charge in [-0.2, -0.15) is 10.1 Å². The van der Waals surface area contributed by atoms with Crippen LogP contribution in [0.4, 0.5) is 11.6 Å². The molecule has 2 aromatic carbocycles. The molecule has 1 aliphatic rings. The number of anilines is 2. The van der Waals surface area contributed by atoms with Gasteiger partial charge in [-0.05, 0) is 37.3 Å². The minimum Gasteiger partial charge on any atom is -0.494 e. The maximum atomic E-state index is 12.3. The number of carbonyl (C=O) groups excluding carboxylic acids is 2. The molecular formula is C21H21N5O4. The van der Waals surface area contributed by atoms with Crippen molar-refractivity contribution in [3.05, 3.63) is 60.4 Å². The van der Waals surface area contributed by atoms with Gasteiger partial charge in [-0.1, -0.05) is 18.2 Å². The van der Waals surface area contributed by atoms with E-state index in [1.165, 1.54) is 6.33 Å². The summed E-state index contributed by atoms with van der Waals surface area (Å²) >= 11 is 0. The van der Waals surface area contributed by atoms with Crippen LogP contribution >= 0.6 is 0 Å². The predicted octanol–water partition coefficient (Wildman–Crippen LogP) is 2.63. The third-order valence-electron chi connectivity index (χ3n) is 4.58. The van der Waals surface area contributed by atoms with E-state index in [-0.39, 0.29) is 30.9 Å². The average molecular weight is 407 g/mol. The van der Waals surface area contributed by atoms with Crippen molar-refractivity contribution in [3.63, 3.8) is 0 Å². The van der Waals surface area contributed by atoms with E-state index in [1.54, 1.807) is 35.0 Å². The fourth-order valence-electron chi connectivity index (χ4n) is 3.28. The molecule has 0 bridgehead atoms. The summed E-state index contributed by atoms with van der Waals surface area (Å²) in [5.74, 6) is 1.20. The first-order valence-electron chi connectivity index (χ1n) is 9.58. The number of rotatable bonds is 7. The summed E-state index contributed by atoms with van der Waals surface area (Å²) in [5.41, 5.74) is 1.41. The van der Waals surface area contributed by atoms with Gasteiger partial charge in [0, 0.05) is 11.3 Å². The van der Waals surface area contributed by atoms with Crippen LogP contribution in [-0.4, -0.2) is 39.8 Å². The van der Waals surface area contributed by atoms with Gasteiger partial charge in [0.2, 0.25) is 11.9 Å². The van der Waals surface area contributed by atoms with Crippen LogP contribution in [0.2, 0.25) is 0 Å². The summed E-state index contributed by atoms with van der Waals surface area (Å²) in [4.78, 5) is 28.4. The summed E-state index contributed by atoms with van der Waals surface area (Å²) in [7, 11) is 0. The van der Waals surface area contributed by atoms with Crippen LogP contribution in [0, 0.1) is 0 Å². The zero-order valence-electron chi connectivity index (χ0n) is 16.4. The lowest BCUT2D eigenvalue weighted by atomic mass is 10.0. The van der Waals surface area contributed by atoms with Crippen molar-refractivity contribution in [3.8, 4) is 11.5 Å². The number of hydrogen-bond acceptors (Lipinski definition) is 6. The maximum Gasteiger partial charge on any atom is 0.262 e. The number of amides is 2. The molecule has 1 aliphatic heterocycles. The molecule has 9 nitrogen and oxygen atoms in total. The highest BCUT2D eigenvalue weighted by Gasteiger charge is 2.29. The van der Waals surface area contributed by atoms with E-state index < -0.39 is 0 Å². The number of fused-ring (bicyclic) bond motifs is 1. The molecule has 0 saturated heterocycles. The van der Waals surface area contributed by atoms with Crippen molar-refractivity contribution < 1.29 is 19.1 Å². The van der Waals surface area contributed by atoms with E-state index >= 15 is 0 Å². The molecule has 30 heavy (non-hydrogen) atoms. The molecule has 154 valence electrons. The Morgan fingerprint density at radius 1 is 1.20 bits per heavy atom. The van der Waals surface area contributed by atoms with Gasteiger partial charge in [-0.3, -0.25) is 14.9 Å². The molecule has 4 rings (SSSR count). The Kier molecular flexibility index (Phi) is 5.60. The Hall–Kier alpha value is -3.88. The summed E-state index contributed by atoms with van der Waals surface area (Å²) in [6.07, 6.45) is 1.59. The van der Waals surface area contributed by atoms with Crippen LogP contribution in [0.25, 0.3) is 0 Å². The van der Waals surface area contributed by atoms with E-state index in [0.717, 1.165) is 11.3 Å². The predicted molar refractivity (Wildman–Crippen MR) is 110 cm³/mol. The second-order valence-electron chi connectivity index (χ2n) is 6.63. The SMILES string of the molecule is CCOc1ccc(NC(=O)COc2ccccc2[C@H]2CC(=O)Nc3ncnn32)cc1. The van der Waals surface area contributed by atoms with E-state index in [9.17, 15) is 9.59 Å². The Morgan fingerprint density at radius 3 is 2.80 bits per heavy atom. The van der Waals surface area contributed by atoms with Gasteiger partial charge in [0.25, 0.3) is 5.91 Å². The van der Waals surface area contributed by atoms with Gasteiger partial charge < -0.3 is 14.8 Å². The third-order valence-corrected chi connectivity index (χ3v) is 4.58. The lowest BCUT2D eigenvalue weighted by molar-refractivity contribution is -0.118. The number of carbonyl (C=O) groups is 2. The first-order chi connectivity index (χ1) is 14.6. The number of ether oxygens (including phenoxy) is 2. The molecule has 0 fully saturated rings. The monoisotopic (exact) mass is 407 g/mol. The summed E-state index contributed by atoms with van der Waals surface area (Å²) in [5, 5.41) is 9.68. The molecule has 0 unspecified atom stereocenters. The molecule has 1 atom stereocenters. The zero-order valence-corrected chi connectivity index (χ0v) is 16.4. The van der Waals surface area contributed by atoms with Crippen LogP contribution in [0.3, 0.4) is 0 Å². The van der Waals surface area contributed by atoms with Gasteiger partial charge in [0.1, 0.15) is 17.8 Å². The Labute approximate surface area is 173 Å². The lowest BCUT2D eigenvalue weighted by Crippen LogP contribution is -2.29. The number of para-hydroxylation sites is 1. The highest BCUT2D eigenvalue weighted by molar-refractivity contribution is 5.92. The molecule has 0 spiro atoms. The van der Waals surface area contributed by atoms with Gasteiger partial charge in [-0.25, -0.2) is 4.68 Å². The molecule has 2 heterocycles. The Bertz CT molecular complexity index is 1050. The first-order valence-corrected chi connectivity index (χ1v) is 9.58. The quantitative estimate of drug-likeness (QED) is 0.623. The largest absolute Gasteiger partial charge is 0.494 e. The second kappa shape index (κ2) is 8.64. The van der Waals surface area contributed by atoms with Gasteiger partial charge in [0.05, 0.1) is 19.1 Å². The van der Waals surface area contributed by atoms with Crippen LogP contribution in [-0.2, 0) is 9.59 Å². The molecule has 1 aromatic heterocycles. The summed E-state index contributed by atoms with van der Waals surface area (Å²) < 4.78 is 12.8. The summed E-state index contributed by atoms with van der Waals surface area (Å²) in [6.45, 7) is 2.32.